The fourth-order valence-electron chi connectivity index (χ4n) is 2.28. The molecule has 3 nitrogen and oxygen atoms in total. The van der Waals surface area contributed by atoms with Crippen LogP contribution in [0, 0.1) is 17.3 Å². The Kier molecular flexibility index (Phi) is 3.75. The van der Waals surface area contributed by atoms with Crippen LogP contribution in [0.2, 0.25) is 0 Å². The van der Waals surface area contributed by atoms with Gasteiger partial charge in [-0.05, 0) is 17.8 Å². The van der Waals surface area contributed by atoms with E-state index in [0.29, 0.717) is 0 Å². The molecule has 2 aliphatic rings. The number of hydrogen-bond donors (Lipinski definition) is 1. The van der Waals surface area contributed by atoms with Crippen molar-refractivity contribution >= 4 is 35.3 Å². The van der Waals surface area contributed by atoms with Crippen molar-refractivity contribution in [3.05, 3.63) is 11.6 Å². The maximum Gasteiger partial charge on any atom is 0.307 e. The van der Waals surface area contributed by atoms with E-state index in [-0.39, 0.29) is 34.8 Å². The molecule has 1 saturated carbocycles. The highest BCUT2D eigenvalue weighted by Crippen LogP contribution is 2.59. The summed E-state index contributed by atoms with van der Waals surface area (Å²) < 4.78 is 0. The highest BCUT2D eigenvalue weighted by atomic mass is 35.5. The Balaban J connectivity index is 0.00000128. The lowest BCUT2D eigenvalue weighted by Crippen LogP contribution is -2.03. The first kappa shape index (κ1) is 13.6. The summed E-state index contributed by atoms with van der Waals surface area (Å²) in [6.45, 7) is 3.89. The van der Waals surface area contributed by atoms with Crippen molar-refractivity contribution in [2.75, 3.05) is 5.75 Å². The maximum absolute atomic E-state index is 11.4. The fraction of sp³-hybridized carbons (Fsp3) is 0.636. The van der Waals surface area contributed by atoms with Gasteiger partial charge in [0.15, 0.2) is 0 Å². The minimum absolute atomic E-state index is 0. The number of carboxylic acids is 1. The highest BCUT2D eigenvalue weighted by molar-refractivity contribution is 8.14. The Morgan fingerprint density at radius 1 is 1.56 bits per heavy atom. The summed E-state index contributed by atoms with van der Waals surface area (Å²) in [5, 5.41) is 9.11. The molecule has 0 radical (unpaired) electrons. The average Bonchev–Trinajstić information content (AvgIpc) is 2.47. The van der Waals surface area contributed by atoms with Crippen LogP contribution in [0.4, 0.5) is 0 Å². The molecule has 2 atom stereocenters. The lowest BCUT2D eigenvalue weighted by Gasteiger charge is -1.97. The molecule has 1 heterocycles. The molecule has 16 heavy (non-hydrogen) atoms. The van der Waals surface area contributed by atoms with Crippen LogP contribution < -0.4 is 0 Å². The largest absolute Gasteiger partial charge is 0.481 e. The molecule has 0 aromatic heterocycles. The lowest BCUT2D eigenvalue weighted by atomic mass is 10.1. The Morgan fingerprint density at radius 3 is 2.56 bits per heavy atom. The van der Waals surface area contributed by atoms with E-state index in [1.165, 1.54) is 11.8 Å². The SMILES string of the molecule is CC1(C)[C@H](C(=O)O)[C@@H]1C=C1CCSC1=O.Cl. The molecule has 1 aliphatic heterocycles. The summed E-state index contributed by atoms with van der Waals surface area (Å²) in [5.74, 6) is -0.189. The third kappa shape index (κ3) is 2.13. The minimum Gasteiger partial charge on any atom is -0.481 e. The van der Waals surface area contributed by atoms with Crippen LogP contribution >= 0.6 is 24.2 Å². The van der Waals surface area contributed by atoms with Crippen molar-refractivity contribution < 1.29 is 14.7 Å². The van der Waals surface area contributed by atoms with Crippen molar-refractivity contribution in [1.82, 2.24) is 0 Å². The van der Waals surface area contributed by atoms with Gasteiger partial charge in [0, 0.05) is 11.3 Å². The molecule has 0 unspecified atom stereocenters. The Morgan fingerprint density at radius 2 is 2.19 bits per heavy atom. The molecular formula is C11H15ClO3S. The first-order valence-corrected chi connectivity index (χ1v) is 6.04. The van der Waals surface area contributed by atoms with E-state index in [0.717, 1.165) is 17.7 Å². The number of carbonyl (C=O) groups excluding carboxylic acids is 1. The minimum atomic E-state index is -0.750. The van der Waals surface area contributed by atoms with Gasteiger partial charge in [-0.15, -0.1) is 12.4 Å². The van der Waals surface area contributed by atoms with Crippen molar-refractivity contribution in [2.24, 2.45) is 17.3 Å². The van der Waals surface area contributed by atoms with Crippen LogP contribution in [-0.4, -0.2) is 21.9 Å². The van der Waals surface area contributed by atoms with Gasteiger partial charge in [-0.25, -0.2) is 0 Å². The smallest absolute Gasteiger partial charge is 0.307 e. The van der Waals surface area contributed by atoms with E-state index in [1.807, 2.05) is 19.9 Å². The second kappa shape index (κ2) is 4.41. The van der Waals surface area contributed by atoms with Crippen LogP contribution in [0.1, 0.15) is 20.3 Å². The van der Waals surface area contributed by atoms with Crippen LogP contribution in [0.25, 0.3) is 0 Å². The monoisotopic (exact) mass is 262 g/mol. The molecule has 1 N–H and O–H groups in total. The Labute approximate surface area is 105 Å². The fourth-order valence-corrected chi connectivity index (χ4v) is 3.14. The predicted octanol–water partition coefficient (Wildman–Crippen LogP) is 2.35. The Bertz CT molecular complexity index is 362. The summed E-state index contributed by atoms with van der Waals surface area (Å²) >= 11 is 1.33. The van der Waals surface area contributed by atoms with E-state index >= 15 is 0 Å². The molecule has 0 bridgehead atoms. The van der Waals surface area contributed by atoms with Gasteiger partial charge in [0.25, 0.3) is 0 Å². The van der Waals surface area contributed by atoms with Gasteiger partial charge in [0.1, 0.15) is 0 Å². The van der Waals surface area contributed by atoms with Gasteiger partial charge in [-0.2, -0.15) is 0 Å². The van der Waals surface area contributed by atoms with Gasteiger partial charge in [0.2, 0.25) is 5.12 Å². The molecule has 1 saturated heterocycles. The third-order valence-electron chi connectivity index (χ3n) is 3.42. The van der Waals surface area contributed by atoms with Crippen molar-refractivity contribution in [3.8, 4) is 0 Å². The number of thioether (sulfide) groups is 1. The second-order valence-electron chi connectivity index (χ2n) is 4.74. The zero-order chi connectivity index (χ0) is 11.2. The number of carboxylic acid groups (broad SMARTS) is 1. The summed E-state index contributed by atoms with van der Waals surface area (Å²) in [6.07, 6.45) is 2.68. The Hall–Kier alpha value is -0.480. The van der Waals surface area contributed by atoms with E-state index < -0.39 is 5.97 Å². The molecule has 90 valence electrons. The van der Waals surface area contributed by atoms with Gasteiger partial charge < -0.3 is 5.11 Å². The average molecular weight is 263 g/mol. The van der Waals surface area contributed by atoms with Crippen LogP contribution in [0.15, 0.2) is 11.6 Å². The first-order chi connectivity index (χ1) is 6.94. The van der Waals surface area contributed by atoms with Gasteiger partial charge in [-0.3, -0.25) is 9.59 Å². The van der Waals surface area contributed by atoms with Crippen LogP contribution in [0.5, 0.6) is 0 Å². The zero-order valence-corrected chi connectivity index (χ0v) is 10.9. The van der Waals surface area contributed by atoms with Gasteiger partial charge in [-0.1, -0.05) is 31.7 Å². The predicted molar refractivity (Wildman–Crippen MR) is 65.8 cm³/mol. The quantitative estimate of drug-likeness (QED) is 0.777. The molecule has 2 rings (SSSR count). The molecular weight excluding hydrogens is 248 g/mol. The second-order valence-corrected chi connectivity index (χ2v) is 5.81. The van der Waals surface area contributed by atoms with E-state index in [4.69, 9.17) is 5.11 Å². The zero-order valence-electron chi connectivity index (χ0n) is 9.23. The molecule has 1 aliphatic carbocycles. The summed E-state index contributed by atoms with van der Waals surface area (Å²) in [6, 6.07) is 0. The van der Waals surface area contributed by atoms with Crippen LogP contribution in [-0.2, 0) is 9.59 Å². The number of aliphatic carboxylic acids is 1. The number of halogens is 1. The van der Waals surface area contributed by atoms with E-state index in [1.54, 1.807) is 0 Å². The van der Waals surface area contributed by atoms with Gasteiger partial charge >= 0.3 is 5.97 Å². The van der Waals surface area contributed by atoms with E-state index in [9.17, 15) is 9.59 Å². The topological polar surface area (TPSA) is 54.4 Å². The molecule has 0 aromatic carbocycles. The normalized spacial score (nSPS) is 33.6. The summed E-state index contributed by atoms with van der Waals surface area (Å²) in [4.78, 5) is 22.3. The molecule has 0 amide bonds. The number of rotatable bonds is 2. The summed E-state index contributed by atoms with van der Waals surface area (Å²) in [7, 11) is 0. The highest BCUT2D eigenvalue weighted by Gasteiger charge is 2.61. The van der Waals surface area contributed by atoms with Gasteiger partial charge in [0.05, 0.1) is 5.92 Å². The van der Waals surface area contributed by atoms with Crippen molar-refractivity contribution in [3.63, 3.8) is 0 Å². The maximum atomic E-state index is 11.4. The summed E-state index contributed by atoms with van der Waals surface area (Å²) in [5.41, 5.74) is 0.633. The first-order valence-electron chi connectivity index (χ1n) is 5.05. The third-order valence-corrected chi connectivity index (χ3v) is 4.36. The number of allylic oxidation sites excluding steroid dienone is 1. The van der Waals surface area contributed by atoms with Crippen LogP contribution in [0.3, 0.4) is 0 Å². The molecule has 0 aromatic rings. The molecule has 2 fully saturated rings. The lowest BCUT2D eigenvalue weighted by molar-refractivity contribution is -0.139. The number of hydrogen-bond acceptors (Lipinski definition) is 3. The van der Waals surface area contributed by atoms with Crippen molar-refractivity contribution in [1.29, 1.82) is 0 Å². The van der Waals surface area contributed by atoms with Crippen molar-refractivity contribution in [2.45, 2.75) is 20.3 Å². The molecule has 5 heteroatoms. The number of carbonyl (C=O) groups is 2. The molecule has 0 spiro atoms. The van der Waals surface area contributed by atoms with E-state index in [2.05, 4.69) is 0 Å². The standard InChI is InChI=1S/C11H14O3S.ClH/c1-11(2)7(8(11)9(12)13)5-6-3-4-15-10(6)14;/h5,7-8H,3-4H2,1-2H3,(H,12,13);1H/t7-,8-;/m0./s1.